The molecule has 1 heterocycles. The van der Waals surface area contributed by atoms with Gasteiger partial charge in [-0.3, -0.25) is 20.4 Å². The average molecular weight is 315 g/mol. The van der Waals surface area contributed by atoms with Gasteiger partial charge in [0.1, 0.15) is 0 Å². The predicted octanol–water partition coefficient (Wildman–Crippen LogP) is 3.22. The number of carbonyl (C=O) groups excluding carboxylic acids is 2. The van der Waals surface area contributed by atoms with Crippen molar-refractivity contribution < 1.29 is 9.59 Å². The van der Waals surface area contributed by atoms with Crippen molar-refractivity contribution in [3.8, 4) is 0 Å². The molecule has 124 valence electrons. The molecule has 1 aromatic heterocycles. The van der Waals surface area contributed by atoms with Crippen LogP contribution < -0.4 is 10.9 Å². The largest absolute Gasteiger partial charge is 0.361 e. The Balaban J connectivity index is 1.70. The van der Waals surface area contributed by atoms with Crippen molar-refractivity contribution >= 4 is 22.7 Å². The van der Waals surface area contributed by atoms with Gasteiger partial charge in [0.2, 0.25) is 11.8 Å². The number of hydrogen-bond donors (Lipinski definition) is 3. The minimum atomic E-state index is -0.214. The minimum Gasteiger partial charge on any atom is -0.361 e. The predicted molar refractivity (Wildman–Crippen MR) is 91.7 cm³/mol. The summed E-state index contributed by atoms with van der Waals surface area (Å²) in [5.74, 6) is -0.345. The van der Waals surface area contributed by atoms with Crippen LogP contribution in [-0.4, -0.2) is 16.8 Å². The monoisotopic (exact) mass is 315 g/mol. The summed E-state index contributed by atoms with van der Waals surface area (Å²) in [6, 6.07) is 7.84. The Morgan fingerprint density at radius 1 is 1.00 bits per heavy atom. The molecule has 0 bridgehead atoms. The third-order valence-electron chi connectivity index (χ3n) is 3.87. The topological polar surface area (TPSA) is 74.0 Å². The normalized spacial score (nSPS) is 10.7. The Morgan fingerprint density at radius 3 is 2.57 bits per heavy atom. The highest BCUT2D eigenvalue weighted by Crippen LogP contribution is 2.17. The lowest BCUT2D eigenvalue weighted by Crippen LogP contribution is -2.42. The molecule has 0 radical (unpaired) electrons. The van der Waals surface area contributed by atoms with E-state index in [2.05, 4.69) is 22.8 Å². The molecule has 5 nitrogen and oxygen atoms in total. The van der Waals surface area contributed by atoms with Gasteiger partial charge in [-0.05, 0) is 18.1 Å². The van der Waals surface area contributed by atoms with Crippen LogP contribution in [0.3, 0.4) is 0 Å². The van der Waals surface area contributed by atoms with Gasteiger partial charge in [-0.2, -0.15) is 0 Å². The molecule has 0 spiro atoms. The standard InChI is InChI=1S/C18H25N3O2/c1-2-3-4-5-6-11-17(22)20-21-18(23)12-14-13-19-16-10-8-7-9-15(14)16/h7-10,13,19H,2-6,11-12H2,1H3,(H,20,22)(H,21,23). The second-order valence-corrected chi connectivity index (χ2v) is 5.80. The number of H-pyrrole nitrogens is 1. The van der Waals surface area contributed by atoms with Crippen LogP contribution in [0.4, 0.5) is 0 Å². The molecule has 2 aromatic rings. The van der Waals surface area contributed by atoms with Crippen LogP contribution in [-0.2, 0) is 16.0 Å². The minimum absolute atomic E-state index is 0.131. The van der Waals surface area contributed by atoms with Crippen LogP contribution in [0.15, 0.2) is 30.5 Å². The summed E-state index contributed by atoms with van der Waals surface area (Å²) in [4.78, 5) is 26.7. The first kappa shape index (κ1) is 17.1. The molecular formula is C18H25N3O2. The number of para-hydroxylation sites is 1. The maximum atomic E-state index is 11.9. The van der Waals surface area contributed by atoms with Gasteiger partial charge in [-0.15, -0.1) is 0 Å². The zero-order valence-electron chi connectivity index (χ0n) is 13.7. The SMILES string of the molecule is CCCCCCCC(=O)NNC(=O)Cc1c[nH]c2ccccc12. The summed E-state index contributed by atoms with van der Waals surface area (Å²) in [5, 5.41) is 1.03. The molecule has 0 saturated carbocycles. The van der Waals surface area contributed by atoms with E-state index >= 15 is 0 Å². The molecule has 0 saturated heterocycles. The van der Waals surface area contributed by atoms with E-state index in [1.165, 1.54) is 12.8 Å². The van der Waals surface area contributed by atoms with E-state index < -0.39 is 0 Å². The molecule has 23 heavy (non-hydrogen) atoms. The number of hydrazine groups is 1. The maximum absolute atomic E-state index is 11.9. The lowest BCUT2D eigenvalue weighted by molar-refractivity contribution is -0.128. The van der Waals surface area contributed by atoms with Gasteiger partial charge in [0.15, 0.2) is 0 Å². The van der Waals surface area contributed by atoms with Gasteiger partial charge in [0.05, 0.1) is 6.42 Å². The summed E-state index contributed by atoms with van der Waals surface area (Å²) in [7, 11) is 0. The van der Waals surface area contributed by atoms with E-state index in [0.717, 1.165) is 35.7 Å². The maximum Gasteiger partial charge on any atom is 0.242 e. The third kappa shape index (κ3) is 5.43. The molecule has 2 amide bonds. The van der Waals surface area contributed by atoms with E-state index in [-0.39, 0.29) is 18.2 Å². The fraction of sp³-hybridized carbons (Fsp3) is 0.444. The number of amides is 2. The smallest absolute Gasteiger partial charge is 0.242 e. The van der Waals surface area contributed by atoms with E-state index in [1.807, 2.05) is 30.5 Å². The number of rotatable bonds is 8. The molecule has 0 aliphatic rings. The summed E-state index contributed by atoms with van der Waals surface area (Å²) in [6.45, 7) is 2.16. The number of unbranched alkanes of at least 4 members (excludes halogenated alkanes) is 4. The number of fused-ring (bicyclic) bond motifs is 1. The molecule has 1 aromatic carbocycles. The number of benzene rings is 1. The van der Waals surface area contributed by atoms with Gasteiger partial charge >= 0.3 is 0 Å². The van der Waals surface area contributed by atoms with Crippen molar-refractivity contribution in [1.82, 2.24) is 15.8 Å². The van der Waals surface area contributed by atoms with Crippen LogP contribution in [0.5, 0.6) is 0 Å². The second kappa shape index (κ2) is 8.98. The summed E-state index contributed by atoms with van der Waals surface area (Å²) < 4.78 is 0. The highest BCUT2D eigenvalue weighted by molar-refractivity contribution is 5.89. The molecule has 0 fully saturated rings. The molecule has 5 heteroatoms. The van der Waals surface area contributed by atoms with Crippen LogP contribution >= 0.6 is 0 Å². The van der Waals surface area contributed by atoms with Gasteiger partial charge < -0.3 is 4.98 Å². The molecule has 0 aliphatic heterocycles. The van der Waals surface area contributed by atoms with E-state index in [4.69, 9.17) is 0 Å². The molecule has 0 aliphatic carbocycles. The molecular weight excluding hydrogens is 290 g/mol. The average Bonchev–Trinajstić information content (AvgIpc) is 2.96. The van der Waals surface area contributed by atoms with Crippen molar-refractivity contribution in [2.24, 2.45) is 0 Å². The lowest BCUT2D eigenvalue weighted by atomic mass is 10.1. The van der Waals surface area contributed by atoms with Crippen molar-refractivity contribution in [2.75, 3.05) is 0 Å². The Labute approximate surface area is 136 Å². The van der Waals surface area contributed by atoms with E-state index in [1.54, 1.807) is 0 Å². The first-order valence-electron chi connectivity index (χ1n) is 8.33. The Hall–Kier alpha value is -2.30. The summed E-state index contributed by atoms with van der Waals surface area (Å²) in [5.41, 5.74) is 6.90. The second-order valence-electron chi connectivity index (χ2n) is 5.80. The first-order chi connectivity index (χ1) is 11.2. The Kier molecular flexibility index (Phi) is 6.66. The highest BCUT2D eigenvalue weighted by atomic mass is 16.2. The number of hydrogen-bond acceptors (Lipinski definition) is 2. The van der Waals surface area contributed by atoms with Gasteiger partial charge in [0.25, 0.3) is 0 Å². The van der Waals surface area contributed by atoms with Crippen LogP contribution in [0.2, 0.25) is 0 Å². The Morgan fingerprint density at radius 2 is 1.74 bits per heavy atom. The van der Waals surface area contributed by atoms with Crippen molar-refractivity contribution in [3.63, 3.8) is 0 Å². The van der Waals surface area contributed by atoms with E-state index in [9.17, 15) is 9.59 Å². The summed E-state index contributed by atoms with van der Waals surface area (Å²) in [6.07, 6.45) is 8.02. The van der Waals surface area contributed by atoms with Crippen molar-refractivity contribution in [1.29, 1.82) is 0 Å². The molecule has 3 N–H and O–H groups in total. The van der Waals surface area contributed by atoms with E-state index in [0.29, 0.717) is 6.42 Å². The number of carbonyl (C=O) groups is 2. The van der Waals surface area contributed by atoms with Crippen molar-refractivity contribution in [2.45, 2.75) is 51.9 Å². The zero-order valence-corrected chi connectivity index (χ0v) is 13.7. The highest BCUT2D eigenvalue weighted by Gasteiger charge is 2.09. The quantitative estimate of drug-likeness (QED) is 0.517. The van der Waals surface area contributed by atoms with Crippen LogP contribution in [0.25, 0.3) is 10.9 Å². The van der Waals surface area contributed by atoms with Crippen molar-refractivity contribution in [3.05, 3.63) is 36.0 Å². The fourth-order valence-corrected chi connectivity index (χ4v) is 2.59. The molecule has 2 rings (SSSR count). The molecule has 0 atom stereocenters. The first-order valence-corrected chi connectivity index (χ1v) is 8.33. The lowest BCUT2D eigenvalue weighted by Gasteiger charge is -2.07. The van der Waals surface area contributed by atoms with Gasteiger partial charge in [-0.1, -0.05) is 50.8 Å². The third-order valence-corrected chi connectivity index (χ3v) is 3.87. The van der Waals surface area contributed by atoms with Crippen LogP contribution in [0.1, 0.15) is 51.0 Å². The zero-order chi connectivity index (χ0) is 16.5. The fourth-order valence-electron chi connectivity index (χ4n) is 2.59. The summed E-state index contributed by atoms with van der Waals surface area (Å²) >= 11 is 0. The number of aromatic nitrogens is 1. The number of nitrogens with one attached hydrogen (secondary N) is 3. The molecule has 0 unspecified atom stereocenters. The number of aromatic amines is 1. The Bertz CT molecular complexity index is 649. The van der Waals surface area contributed by atoms with Gasteiger partial charge in [0, 0.05) is 23.5 Å². The van der Waals surface area contributed by atoms with Gasteiger partial charge in [-0.25, -0.2) is 0 Å². The van der Waals surface area contributed by atoms with Crippen LogP contribution in [0, 0.1) is 0 Å².